The molecule has 0 aromatic heterocycles. The molecule has 0 saturated carbocycles. The fourth-order valence-electron chi connectivity index (χ4n) is 1.98. The average molecular weight is 247 g/mol. The van der Waals surface area contributed by atoms with Crippen LogP contribution in [0.15, 0.2) is 24.3 Å². The maximum atomic E-state index is 10.8. The molecular weight excluding hydrogens is 222 g/mol. The molecule has 0 fully saturated rings. The standard InChI is InChI=1S/C16H25NO/c1-3-5-15-7-9-16(10-8-15)11-13-17-12-4-6-14(2)18/h7-10,17H,3-6,11-13H2,1-2H3. The number of nitrogens with one attached hydrogen (secondary N) is 1. The molecule has 0 unspecified atom stereocenters. The van der Waals surface area contributed by atoms with Gasteiger partial charge < -0.3 is 10.1 Å². The molecule has 0 aliphatic carbocycles. The molecule has 0 aliphatic heterocycles. The van der Waals surface area contributed by atoms with Crippen molar-refractivity contribution in [2.45, 2.75) is 46.0 Å². The lowest BCUT2D eigenvalue weighted by Crippen LogP contribution is -2.19. The summed E-state index contributed by atoms with van der Waals surface area (Å²) in [6.45, 7) is 5.79. The van der Waals surface area contributed by atoms with Crippen molar-refractivity contribution in [1.82, 2.24) is 5.32 Å². The van der Waals surface area contributed by atoms with Gasteiger partial charge in [0.25, 0.3) is 0 Å². The number of hydrogen-bond acceptors (Lipinski definition) is 2. The molecule has 1 aromatic rings. The van der Waals surface area contributed by atoms with Crippen LogP contribution in [0.5, 0.6) is 0 Å². The first kappa shape index (κ1) is 14.9. The number of aryl methyl sites for hydroxylation is 1. The van der Waals surface area contributed by atoms with Gasteiger partial charge >= 0.3 is 0 Å². The molecule has 2 nitrogen and oxygen atoms in total. The van der Waals surface area contributed by atoms with E-state index in [1.807, 2.05) is 0 Å². The Bertz CT molecular complexity index is 343. The monoisotopic (exact) mass is 247 g/mol. The molecule has 0 amide bonds. The Kier molecular flexibility index (Phi) is 7.35. The van der Waals surface area contributed by atoms with Crippen molar-refractivity contribution in [3.8, 4) is 0 Å². The van der Waals surface area contributed by atoms with E-state index in [2.05, 4.69) is 36.5 Å². The van der Waals surface area contributed by atoms with Gasteiger partial charge in [-0.2, -0.15) is 0 Å². The van der Waals surface area contributed by atoms with Gasteiger partial charge in [0.1, 0.15) is 5.78 Å². The van der Waals surface area contributed by atoms with E-state index in [0.717, 1.165) is 25.9 Å². The van der Waals surface area contributed by atoms with Gasteiger partial charge in [-0.1, -0.05) is 37.6 Å². The molecule has 1 N–H and O–H groups in total. The van der Waals surface area contributed by atoms with Crippen LogP contribution >= 0.6 is 0 Å². The lowest BCUT2D eigenvalue weighted by molar-refractivity contribution is -0.117. The van der Waals surface area contributed by atoms with Gasteiger partial charge in [-0.05, 0) is 50.4 Å². The van der Waals surface area contributed by atoms with Crippen molar-refractivity contribution in [3.63, 3.8) is 0 Å². The predicted molar refractivity (Wildman–Crippen MR) is 76.9 cm³/mol. The zero-order chi connectivity index (χ0) is 13.2. The predicted octanol–water partition coefficient (Wildman–Crippen LogP) is 3.14. The number of carbonyl (C=O) groups is 1. The zero-order valence-corrected chi connectivity index (χ0v) is 11.7. The second-order valence-corrected chi connectivity index (χ2v) is 4.87. The minimum atomic E-state index is 0.281. The largest absolute Gasteiger partial charge is 0.316 e. The van der Waals surface area contributed by atoms with Gasteiger partial charge in [0.15, 0.2) is 0 Å². The first-order valence-electron chi connectivity index (χ1n) is 7.00. The Balaban J connectivity index is 2.13. The normalized spacial score (nSPS) is 10.6. The number of benzene rings is 1. The van der Waals surface area contributed by atoms with Crippen LogP contribution in [-0.4, -0.2) is 18.9 Å². The van der Waals surface area contributed by atoms with Crippen LogP contribution in [-0.2, 0) is 17.6 Å². The summed E-state index contributed by atoms with van der Waals surface area (Å²) in [6.07, 6.45) is 5.08. The van der Waals surface area contributed by atoms with E-state index < -0.39 is 0 Å². The first-order valence-corrected chi connectivity index (χ1v) is 7.00. The number of carbonyl (C=O) groups excluding carboxylic acids is 1. The second kappa shape index (κ2) is 8.87. The molecule has 0 bridgehead atoms. The SMILES string of the molecule is CCCc1ccc(CCNCCCC(C)=O)cc1. The highest BCUT2D eigenvalue weighted by molar-refractivity contribution is 5.75. The van der Waals surface area contributed by atoms with Crippen molar-refractivity contribution in [3.05, 3.63) is 35.4 Å². The van der Waals surface area contributed by atoms with E-state index in [0.29, 0.717) is 6.42 Å². The topological polar surface area (TPSA) is 29.1 Å². The average Bonchev–Trinajstić information content (AvgIpc) is 2.35. The van der Waals surface area contributed by atoms with Crippen molar-refractivity contribution >= 4 is 5.78 Å². The van der Waals surface area contributed by atoms with Crippen molar-refractivity contribution in [2.75, 3.05) is 13.1 Å². The van der Waals surface area contributed by atoms with Gasteiger partial charge in [-0.15, -0.1) is 0 Å². The highest BCUT2D eigenvalue weighted by Crippen LogP contribution is 2.06. The minimum absolute atomic E-state index is 0.281. The van der Waals surface area contributed by atoms with Crippen LogP contribution in [0.1, 0.15) is 44.2 Å². The van der Waals surface area contributed by atoms with Crippen LogP contribution in [0.25, 0.3) is 0 Å². The third-order valence-corrected chi connectivity index (χ3v) is 3.03. The third-order valence-electron chi connectivity index (χ3n) is 3.03. The summed E-state index contributed by atoms with van der Waals surface area (Å²) >= 11 is 0. The lowest BCUT2D eigenvalue weighted by Gasteiger charge is -2.05. The Morgan fingerprint density at radius 1 is 1.06 bits per heavy atom. The highest BCUT2D eigenvalue weighted by Gasteiger charge is 1.96. The van der Waals surface area contributed by atoms with Crippen LogP contribution in [0, 0.1) is 0 Å². The Morgan fingerprint density at radius 2 is 1.67 bits per heavy atom. The van der Waals surface area contributed by atoms with E-state index in [9.17, 15) is 4.79 Å². The van der Waals surface area contributed by atoms with Crippen molar-refractivity contribution < 1.29 is 4.79 Å². The number of rotatable bonds is 9. The summed E-state index contributed by atoms with van der Waals surface area (Å²) < 4.78 is 0. The third kappa shape index (κ3) is 6.55. The highest BCUT2D eigenvalue weighted by atomic mass is 16.1. The van der Waals surface area contributed by atoms with Crippen LogP contribution in [0.3, 0.4) is 0 Å². The minimum Gasteiger partial charge on any atom is -0.316 e. The summed E-state index contributed by atoms with van der Waals surface area (Å²) in [6, 6.07) is 8.91. The van der Waals surface area contributed by atoms with Crippen molar-refractivity contribution in [2.24, 2.45) is 0 Å². The molecule has 0 radical (unpaired) electrons. The molecule has 100 valence electrons. The molecule has 1 rings (SSSR count). The van der Waals surface area contributed by atoms with Crippen LogP contribution in [0.4, 0.5) is 0 Å². The maximum Gasteiger partial charge on any atom is 0.129 e. The molecular formula is C16H25NO. The molecule has 18 heavy (non-hydrogen) atoms. The van der Waals surface area contributed by atoms with E-state index in [4.69, 9.17) is 0 Å². The lowest BCUT2D eigenvalue weighted by atomic mass is 10.1. The summed E-state index contributed by atoms with van der Waals surface area (Å²) in [5, 5.41) is 3.38. The molecule has 0 spiro atoms. The fraction of sp³-hybridized carbons (Fsp3) is 0.562. The van der Waals surface area contributed by atoms with E-state index in [1.54, 1.807) is 6.92 Å². The van der Waals surface area contributed by atoms with Crippen LogP contribution in [0.2, 0.25) is 0 Å². The van der Waals surface area contributed by atoms with Gasteiger partial charge in [0, 0.05) is 6.42 Å². The Hall–Kier alpha value is -1.15. The molecule has 0 atom stereocenters. The van der Waals surface area contributed by atoms with Gasteiger partial charge in [-0.3, -0.25) is 0 Å². The molecule has 0 saturated heterocycles. The van der Waals surface area contributed by atoms with E-state index >= 15 is 0 Å². The summed E-state index contributed by atoms with van der Waals surface area (Å²) in [5.41, 5.74) is 2.81. The smallest absolute Gasteiger partial charge is 0.129 e. The van der Waals surface area contributed by atoms with Gasteiger partial charge in [0.05, 0.1) is 0 Å². The van der Waals surface area contributed by atoms with E-state index in [1.165, 1.54) is 24.0 Å². The molecule has 1 aromatic carbocycles. The maximum absolute atomic E-state index is 10.8. The number of hydrogen-bond donors (Lipinski definition) is 1. The number of Topliss-reactive ketones (excluding diaryl/α,β-unsaturated/α-hetero) is 1. The summed E-state index contributed by atoms with van der Waals surface area (Å²) in [4.78, 5) is 10.8. The molecule has 0 heterocycles. The van der Waals surface area contributed by atoms with E-state index in [-0.39, 0.29) is 5.78 Å². The van der Waals surface area contributed by atoms with Gasteiger partial charge in [0.2, 0.25) is 0 Å². The summed E-state index contributed by atoms with van der Waals surface area (Å²) in [7, 11) is 0. The first-order chi connectivity index (χ1) is 8.72. The molecule has 0 aliphatic rings. The fourth-order valence-corrected chi connectivity index (χ4v) is 1.98. The second-order valence-electron chi connectivity index (χ2n) is 4.87. The zero-order valence-electron chi connectivity index (χ0n) is 11.7. The van der Waals surface area contributed by atoms with Crippen molar-refractivity contribution in [1.29, 1.82) is 0 Å². The summed E-state index contributed by atoms with van der Waals surface area (Å²) in [5.74, 6) is 0.281. The van der Waals surface area contributed by atoms with Crippen LogP contribution < -0.4 is 5.32 Å². The Morgan fingerprint density at radius 3 is 2.22 bits per heavy atom. The number of ketones is 1. The van der Waals surface area contributed by atoms with Gasteiger partial charge in [-0.25, -0.2) is 0 Å². The quantitative estimate of drug-likeness (QED) is 0.679. The molecule has 2 heteroatoms. The Labute approximate surface area is 111 Å².